The number of hydrogen-bond donors (Lipinski definition) is 1. The second-order valence-corrected chi connectivity index (χ2v) is 3.54. The lowest BCUT2D eigenvalue weighted by atomic mass is 10.0. The van der Waals surface area contributed by atoms with Crippen molar-refractivity contribution in [3.8, 4) is 5.75 Å². The maximum Gasteiger partial charge on any atom is 0.308 e. The van der Waals surface area contributed by atoms with Crippen molar-refractivity contribution in [1.29, 1.82) is 0 Å². The predicted molar refractivity (Wildman–Crippen MR) is 59.3 cm³/mol. The number of aliphatic hydroxyl groups is 1. The molecule has 16 heavy (non-hydrogen) atoms. The number of rotatable bonds is 4. The molecular formula is C12H16O4. The van der Waals surface area contributed by atoms with Crippen LogP contribution in [0.1, 0.15) is 23.7 Å². The number of hydrogen-bond acceptors (Lipinski definition) is 4. The van der Waals surface area contributed by atoms with Crippen LogP contribution in [0, 0.1) is 6.92 Å². The summed E-state index contributed by atoms with van der Waals surface area (Å²) in [5.41, 5.74) is 1.60. The monoisotopic (exact) mass is 224 g/mol. The Balaban J connectivity index is 2.92. The van der Waals surface area contributed by atoms with Crippen molar-refractivity contribution in [2.45, 2.75) is 19.4 Å². The Hall–Kier alpha value is -1.55. The van der Waals surface area contributed by atoms with E-state index in [0.29, 0.717) is 11.3 Å². The molecule has 88 valence electrons. The van der Waals surface area contributed by atoms with Gasteiger partial charge in [0, 0.05) is 5.56 Å². The Morgan fingerprint density at radius 3 is 2.69 bits per heavy atom. The second-order valence-electron chi connectivity index (χ2n) is 3.54. The van der Waals surface area contributed by atoms with E-state index in [1.807, 2.05) is 13.0 Å². The fourth-order valence-corrected chi connectivity index (χ4v) is 1.47. The van der Waals surface area contributed by atoms with Crippen LogP contribution in [0.2, 0.25) is 0 Å². The Morgan fingerprint density at radius 1 is 1.44 bits per heavy atom. The fraction of sp³-hybridized carbons (Fsp3) is 0.417. The molecule has 0 aliphatic heterocycles. The number of benzene rings is 1. The zero-order valence-electron chi connectivity index (χ0n) is 9.69. The number of carbonyl (C=O) groups excluding carboxylic acids is 1. The SMILES string of the molecule is COC(=O)CC(O)c1cc(C)ccc1OC. The van der Waals surface area contributed by atoms with Gasteiger partial charge in [0.15, 0.2) is 0 Å². The van der Waals surface area contributed by atoms with E-state index in [9.17, 15) is 9.90 Å². The number of ether oxygens (including phenoxy) is 2. The van der Waals surface area contributed by atoms with Crippen LogP contribution in [0.5, 0.6) is 5.75 Å². The molecule has 0 aliphatic rings. The summed E-state index contributed by atoms with van der Waals surface area (Å²) in [6.45, 7) is 1.91. The fourth-order valence-electron chi connectivity index (χ4n) is 1.47. The lowest BCUT2D eigenvalue weighted by Crippen LogP contribution is -2.09. The van der Waals surface area contributed by atoms with E-state index in [0.717, 1.165) is 5.56 Å². The van der Waals surface area contributed by atoms with Crippen molar-refractivity contribution < 1.29 is 19.4 Å². The molecule has 0 bridgehead atoms. The predicted octanol–water partition coefficient (Wildman–Crippen LogP) is 1.60. The molecule has 0 heterocycles. The largest absolute Gasteiger partial charge is 0.496 e. The molecule has 0 aromatic heterocycles. The lowest BCUT2D eigenvalue weighted by Gasteiger charge is -2.14. The van der Waals surface area contributed by atoms with Crippen molar-refractivity contribution in [1.82, 2.24) is 0 Å². The minimum absolute atomic E-state index is 0.0731. The molecule has 1 atom stereocenters. The molecule has 0 fully saturated rings. The third kappa shape index (κ3) is 2.97. The number of esters is 1. The van der Waals surface area contributed by atoms with Crippen molar-refractivity contribution in [3.05, 3.63) is 29.3 Å². The normalized spacial score (nSPS) is 12.0. The van der Waals surface area contributed by atoms with Gasteiger partial charge in [-0.1, -0.05) is 11.6 Å². The average molecular weight is 224 g/mol. The molecule has 0 aliphatic carbocycles. The highest BCUT2D eigenvalue weighted by molar-refractivity contribution is 5.70. The zero-order valence-corrected chi connectivity index (χ0v) is 9.69. The summed E-state index contributed by atoms with van der Waals surface area (Å²) in [6, 6.07) is 5.45. The van der Waals surface area contributed by atoms with Gasteiger partial charge >= 0.3 is 5.97 Å². The minimum Gasteiger partial charge on any atom is -0.496 e. The first kappa shape index (κ1) is 12.5. The summed E-state index contributed by atoms with van der Waals surface area (Å²) in [4.78, 5) is 11.1. The standard InChI is InChI=1S/C12H16O4/c1-8-4-5-11(15-2)9(6-8)10(13)7-12(14)16-3/h4-6,10,13H,7H2,1-3H3. The highest BCUT2D eigenvalue weighted by Gasteiger charge is 2.17. The van der Waals surface area contributed by atoms with Crippen LogP contribution in [0.15, 0.2) is 18.2 Å². The van der Waals surface area contributed by atoms with Gasteiger partial charge in [-0.05, 0) is 19.1 Å². The minimum atomic E-state index is -0.901. The van der Waals surface area contributed by atoms with Crippen LogP contribution in [0.4, 0.5) is 0 Å². The smallest absolute Gasteiger partial charge is 0.308 e. The molecule has 4 heteroatoms. The Labute approximate surface area is 94.8 Å². The molecule has 1 aromatic rings. The molecular weight excluding hydrogens is 208 g/mol. The maximum absolute atomic E-state index is 11.1. The summed E-state index contributed by atoms with van der Waals surface area (Å²) in [7, 11) is 2.82. The van der Waals surface area contributed by atoms with Crippen molar-refractivity contribution >= 4 is 5.97 Å². The quantitative estimate of drug-likeness (QED) is 0.789. The van der Waals surface area contributed by atoms with Gasteiger partial charge in [-0.25, -0.2) is 0 Å². The molecule has 1 aromatic carbocycles. The maximum atomic E-state index is 11.1. The van der Waals surface area contributed by atoms with Gasteiger partial charge in [0.25, 0.3) is 0 Å². The highest BCUT2D eigenvalue weighted by atomic mass is 16.5. The van der Waals surface area contributed by atoms with Gasteiger partial charge in [-0.15, -0.1) is 0 Å². The summed E-state index contributed by atoms with van der Waals surface area (Å²) in [5, 5.41) is 9.88. The van der Waals surface area contributed by atoms with Crippen LogP contribution in [-0.2, 0) is 9.53 Å². The highest BCUT2D eigenvalue weighted by Crippen LogP contribution is 2.28. The van der Waals surface area contributed by atoms with Crippen LogP contribution in [-0.4, -0.2) is 25.3 Å². The van der Waals surface area contributed by atoms with E-state index < -0.39 is 12.1 Å². The van der Waals surface area contributed by atoms with Crippen molar-refractivity contribution in [3.63, 3.8) is 0 Å². The van der Waals surface area contributed by atoms with E-state index in [1.165, 1.54) is 14.2 Å². The molecule has 1 rings (SSSR count). The molecule has 4 nitrogen and oxygen atoms in total. The number of aryl methyl sites for hydroxylation is 1. The summed E-state index contributed by atoms with van der Waals surface area (Å²) >= 11 is 0. The molecule has 1 N–H and O–H groups in total. The van der Waals surface area contributed by atoms with Crippen molar-refractivity contribution in [2.24, 2.45) is 0 Å². The van der Waals surface area contributed by atoms with E-state index >= 15 is 0 Å². The van der Waals surface area contributed by atoms with Gasteiger partial charge in [0.05, 0.1) is 26.7 Å². The first-order valence-electron chi connectivity index (χ1n) is 4.98. The molecule has 0 saturated carbocycles. The van der Waals surface area contributed by atoms with E-state index in [4.69, 9.17) is 4.74 Å². The lowest BCUT2D eigenvalue weighted by molar-refractivity contribution is -0.142. The molecule has 0 spiro atoms. The third-order valence-electron chi connectivity index (χ3n) is 2.33. The first-order valence-corrected chi connectivity index (χ1v) is 4.98. The van der Waals surface area contributed by atoms with Crippen LogP contribution >= 0.6 is 0 Å². The van der Waals surface area contributed by atoms with Gasteiger partial charge in [-0.3, -0.25) is 4.79 Å². The average Bonchev–Trinajstić information content (AvgIpc) is 2.28. The van der Waals surface area contributed by atoms with Gasteiger partial charge in [-0.2, -0.15) is 0 Å². The van der Waals surface area contributed by atoms with Crippen molar-refractivity contribution in [2.75, 3.05) is 14.2 Å². The molecule has 1 unspecified atom stereocenters. The zero-order chi connectivity index (χ0) is 12.1. The van der Waals surface area contributed by atoms with Gasteiger partial charge in [0.1, 0.15) is 5.75 Å². The van der Waals surface area contributed by atoms with Gasteiger partial charge in [0.2, 0.25) is 0 Å². The summed E-state index contributed by atoms with van der Waals surface area (Å²) in [6.07, 6.45) is -0.974. The molecule has 0 saturated heterocycles. The van der Waals surface area contributed by atoms with E-state index in [-0.39, 0.29) is 6.42 Å². The Kier molecular flexibility index (Phi) is 4.31. The molecule has 0 radical (unpaired) electrons. The Morgan fingerprint density at radius 2 is 2.12 bits per heavy atom. The first-order chi connectivity index (χ1) is 7.58. The summed E-state index contributed by atoms with van der Waals surface area (Å²) in [5.74, 6) is 0.123. The molecule has 0 amide bonds. The number of methoxy groups -OCH3 is 2. The third-order valence-corrected chi connectivity index (χ3v) is 2.33. The second kappa shape index (κ2) is 5.51. The van der Waals surface area contributed by atoms with Crippen LogP contribution in [0.3, 0.4) is 0 Å². The topological polar surface area (TPSA) is 55.8 Å². The van der Waals surface area contributed by atoms with Crippen LogP contribution in [0.25, 0.3) is 0 Å². The number of carbonyl (C=O) groups is 1. The van der Waals surface area contributed by atoms with Crippen LogP contribution < -0.4 is 4.74 Å². The van der Waals surface area contributed by atoms with E-state index in [1.54, 1.807) is 12.1 Å². The van der Waals surface area contributed by atoms with Gasteiger partial charge < -0.3 is 14.6 Å². The Bertz CT molecular complexity index is 373. The summed E-state index contributed by atoms with van der Waals surface area (Å²) < 4.78 is 9.63. The number of aliphatic hydroxyl groups excluding tert-OH is 1. The van der Waals surface area contributed by atoms with E-state index in [2.05, 4.69) is 4.74 Å².